The Morgan fingerprint density at radius 1 is 1.40 bits per heavy atom. The van der Waals surface area contributed by atoms with Gasteiger partial charge in [0, 0.05) is 37.7 Å². The summed E-state index contributed by atoms with van der Waals surface area (Å²) in [5.74, 6) is 1.19. The number of fused-ring (bicyclic) bond motifs is 2. The molecule has 4 heterocycles. The molecule has 0 bridgehead atoms. The van der Waals surface area contributed by atoms with Crippen LogP contribution in [0.3, 0.4) is 0 Å². The fourth-order valence-corrected chi connectivity index (χ4v) is 3.31. The van der Waals surface area contributed by atoms with Gasteiger partial charge in [-0.1, -0.05) is 0 Å². The normalized spacial score (nSPS) is 25.9. The van der Waals surface area contributed by atoms with E-state index in [4.69, 9.17) is 0 Å². The molecule has 2 aliphatic rings. The van der Waals surface area contributed by atoms with E-state index in [9.17, 15) is 4.79 Å². The van der Waals surface area contributed by atoms with Crippen molar-refractivity contribution in [1.29, 1.82) is 0 Å². The van der Waals surface area contributed by atoms with Gasteiger partial charge in [-0.05, 0) is 31.4 Å². The molecule has 2 fully saturated rings. The molecule has 20 heavy (non-hydrogen) atoms. The van der Waals surface area contributed by atoms with E-state index < -0.39 is 0 Å². The summed E-state index contributed by atoms with van der Waals surface area (Å²) in [6, 6.07) is 2.29. The molecule has 0 aromatic carbocycles. The Labute approximate surface area is 116 Å². The number of aromatic nitrogens is 3. The minimum Gasteiger partial charge on any atom is -0.335 e. The van der Waals surface area contributed by atoms with Crippen LogP contribution in [0.5, 0.6) is 0 Å². The van der Waals surface area contributed by atoms with Crippen LogP contribution in [-0.2, 0) is 0 Å². The van der Waals surface area contributed by atoms with Gasteiger partial charge in [-0.2, -0.15) is 0 Å². The van der Waals surface area contributed by atoms with Gasteiger partial charge in [-0.15, -0.1) is 0 Å². The summed E-state index contributed by atoms with van der Waals surface area (Å²) in [6.45, 7) is 2.71. The molecule has 6 heteroatoms. The van der Waals surface area contributed by atoms with Gasteiger partial charge in [0.1, 0.15) is 5.69 Å². The first kappa shape index (κ1) is 11.8. The molecule has 2 aromatic rings. The molecule has 4 rings (SSSR count). The van der Waals surface area contributed by atoms with Crippen molar-refractivity contribution < 1.29 is 4.79 Å². The van der Waals surface area contributed by atoms with Gasteiger partial charge in [-0.25, -0.2) is 9.97 Å². The van der Waals surface area contributed by atoms with Crippen molar-refractivity contribution in [2.45, 2.75) is 18.9 Å². The van der Waals surface area contributed by atoms with E-state index in [1.807, 2.05) is 17.2 Å². The number of nitrogens with zero attached hydrogens (tertiary/aromatic N) is 4. The Bertz CT molecular complexity index is 605. The summed E-state index contributed by atoms with van der Waals surface area (Å²) in [5.41, 5.74) is 0.488. The summed E-state index contributed by atoms with van der Waals surface area (Å²) in [5, 5.41) is 3.51. The van der Waals surface area contributed by atoms with Gasteiger partial charge in [0.2, 0.25) is 5.78 Å². The fourth-order valence-electron chi connectivity index (χ4n) is 3.31. The predicted octanol–water partition coefficient (Wildman–Crippen LogP) is 0.553. The zero-order valence-corrected chi connectivity index (χ0v) is 11.2. The van der Waals surface area contributed by atoms with Crippen LogP contribution in [0.15, 0.2) is 24.7 Å². The Morgan fingerprint density at radius 2 is 2.35 bits per heavy atom. The number of amides is 1. The second-order valence-electron chi connectivity index (χ2n) is 5.63. The molecule has 0 unspecified atom stereocenters. The average Bonchev–Trinajstić information content (AvgIpc) is 3.10. The van der Waals surface area contributed by atoms with E-state index in [2.05, 4.69) is 15.3 Å². The first-order chi connectivity index (χ1) is 9.81. The third-order valence-electron chi connectivity index (χ3n) is 4.34. The van der Waals surface area contributed by atoms with Gasteiger partial charge in [-0.3, -0.25) is 9.20 Å². The molecule has 104 valence electrons. The van der Waals surface area contributed by atoms with E-state index in [0.29, 0.717) is 23.4 Å². The van der Waals surface area contributed by atoms with Crippen molar-refractivity contribution in [2.75, 3.05) is 19.6 Å². The SMILES string of the molecule is O=C(c1cn2cccnc2n1)N1C[C@H]2CCCN[C@H]2C1. The highest BCUT2D eigenvalue weighted by atomic mass is 16.2. The minimum absolute atomic E-state index is 0.0201. The van der Waals surface area contributed by atoms with Crippen molar-refractivity contribution in [3.05, 3.63) is 30.4 Å². The zero-order chi connectivity index (χ0) is 13.5. The Hall–Kier alpha value is -1.95. The van der Waals surface area contributed by atoms with E-state index in [1.165, 1.54) is 12.8 Å². The zero-order valence-electron chi connectivity index (χ0n) is 11.2. The number of hydrogen-bond acceptors (Lipinski definition) is 4. The maximum Gasteiger partial charge on any atom is 0.274 e. The molecule has 0 saturated carbocycles. The number of likely N-dealkylation sites (tertiary alicyclic amines) is 1. The molecule has 1 amide bonds. The van der Waals surface area contributed by atoms with Gasteiger partial charge in [0.05, 0.1) is 0 Å². The third kappa shape index (κ3) is 1.87. The summed E-state index contributed by atoms with van der Waals surface area (Å²) < 4.78 is 1.79. The first-order valence-corrected chi connectivity index (χ1v) is 7.13. The predicted molar refractivity (Wildman–Crippen MR) is 73.4 cm³/mol. The number of carbonyl (C=O) groups excluding carboxylic acids is 1. The Morgan fingerprint density at radius 3 is 3.20 bits per heavy atom. The molecule has 0 radical (unpaired) electrons. The number of carbonyl (C=O) groups is 1. The van der Waals surface area contributed by atoms with Crippen molar-refractivity contribution in [1.82, 2.24) is 24.6 Å². The molecule has 1 N–H and O–H groups in total. The Balaban J connectivity index is 1.58. The van der Waals surface area contributed by atoms with Gasteiger partial charge < -0.3 is 10.2 Å². The lowest BCUT2D eigenvalue weighted by molar-refractivity contribution is 0.0780. The molecule has 0 aliphatic carbocycles. The molecule has 0 spiro atoms. The van der Waals surface area contributed by atoms with Gasteiger partial charge in [0.25, 0.3) is 5.91 Å². The largest absolute Gasteiger partial charge is 0.335 e. The standard InChI is InChI=1S/C14H17N5O/c20-13(12-9-18-6-2-5-16-14(18)17-12)19-7-10-3-1-4-15-11(10)8-19/h2,5-6,9-11,15H,1,3-4,7-8H2/t10-,11+/m1/s1. The number of hydrogen-bond donors (Lipinski definition) is 1. The van der Waals surface area contributed by atoms with Crippen molar-refractivity contribution in [3.8, 4) is 0 Å². The van der Waals surface area contributed by atoms with Crippen molar-refractivity contribution in [3.63, 3.8) is 0 Å². The highest BCUT2D eigenvalue weighted by molar-refractivity contribution is 5.93. The molecule has 2 atom stereocenters. The van der Waals surface area contributed by atoms with Gasteiger partial charge >= 0.3 is 0 Å². The quantitative estimate of drug-likeness (QED) is 0.823. The van der Waals surface area contributed by atoms with E-state index in [-0.39, 0.29) is 5.91 Å². The third-order valence-corrected chi connectivity index (χ3v) is 4.34. The van der Waals surface area contributed by atoms with E-state index in [0.717, 1.165) is 19.6 Å². The Kier molecular flexibility index (Phi) is 2.70. The second-order valence-corrected chi connectivity index (χ2v) is 5.63. The molecule has 2 saturated heterocycles. The maximum atomic E-state index is 12.6. The summed E-state index contributed by atoms with van der Waals surface area (Å²) >= 11 is 0. The molecule has 2 aromatic heterocycles. The van der Waals surface area contributed by atoms with Crippen LogP contribution in [0, 0.1) is 5.92 Å². The average molecular weight is 271 g/mol. The first-order valence-electron chi connectivity index (χ1n) is 7.13. The maximum absolute atomic E-state index is 12.6. The van der Waals surface area contributed by atoms with Crippen LogP contribution >= 0.6 is 0 Å². The minimum atomic E-state index is 0.0201. The van der Waals surface area contributed by atoms with Crippen LogP contribution in [0.2, 0.25) is 0 Å². The molecule has 2 aliphatic heterocycles. The monoisotopic (exact) mass is 271 g/mol. The molecular weight excluding hydrogens is 254 g/mol. The van der Waals surface area contributed by atoms with Crippen molar-refractivity contribution in [2.24, 2.45) is 5.92 Å². The smallest absolute Gasteiger partial charge is 0.274 e. The second kappa shape index (κ2) is 4.56. The lowest BCUT2D eigenvalue weighted by atomic mass is 9.94. The van der Waals surface area contributed by atoms with Crippen LogP contribution in [0.1, 0.15) is 23.3 Å². The van der Waals surface area contributed by atoms with Crippen LogP contribution in [0.25, 0.3) is 5.78 Å². The highest BCUT2D eigenvalue weighted by Gasteiger charge is 2.37. The molecular formula is C14H17N5O. The van der Waals surface area contributed by atoms with Crippen LogP contribution < -0.4 is 5.32 Å². The summed E-state index contributed by atoms with van der Waals surface area (Å²) in [7, 11) is 0. The van der Waals surface area contributed by atoms with Gasteiger partial charge in [0.15, 0.2) is 0 Å². The number of piperidine rings is 1. The van der Waals surface area contributed by atoms with E-state index >= 15 is 0 Å². The number of rotatable bonds is 1. The topological polar surface area (TPSA) is 62.5 Å². The lowest BCUT2D eigenvalue weighted by Gasteiger charge is -2.24. The highest BCUT2D eigenvalue weighted by Crippen LogP contribution is 2.25. The number of imidazole rings is 1. The number of nitrogens with one attached hydrogen (secondary N) is 1. The van der Waals surface area contributed by atoms with Crippen LogP contribution in [-0.4, -0.2) is 50.9 Å². The summed E-state index contributed by atoms with van der Waals surface area (Å²) in [6.07, 6.45) is 7.73. The summed E-state index contributed by atoms with van der Waals surface area (Å²) in [4.78, 5) is 22.9. The molecule has 6 nitrogen and oxygen atoms in total. The lowest BCUT2D eigenvalue weighted by Crippen LogP contribution is -2.41. The van der Waals surface area contributed by atoms with Crippen molar-refractivity contribution >= 4 is 11.7 Å². The van der Waals surface area contributed by atoms with Crippen LogP contribution in [0.4, 0.5) is 0 Å². The van der Waals surface area contributed by atoms with E-state index in [1.54, 1.807) is 16.8 Å². The fraction of sp³-hybridized carbons (Fsp3) is 0.500.